The molecule has 4 unspecified atom stereocenters. The first-order chi connectivity index (χ1) is 15.6. The molecule has 32 heavy (non-hydrogen) atoms. The maximum atomic E-state index is 4.50. The summed E-state index contributed by atoms with van der Waals surface area (Å²) in [6.07, 6.45) is 20.9. The molecule has 2 aliphatic carbocycles. The average Bonchev–Trinajstić information content (AvgIpc) is 3.42. The molecule has 2 aliphatic heterocycles. The molecule has 0 bridgehead atoms. The molecule has 0 saturated heterocycles. The molecule has 0 aromatic carbocycles. The molecule has 183 valence electrons. The van der Waals surface area contributed by atoms with E-state index in [4.69, 9.17) is 0 Å². The van der Waals surface area contributed by atoms with Crippen LogP contribution >= 0.6 is 0 Å². The number of nitrogens with one attached hydrogen (secondary N) is 4. The van der Waals surface area contributed by atoms with E-state index in [-0.39, 0.29) is 7.59 Å². The van der Waals surface area contributed by atoms with Crippen molar-refractivity contribution in [3.05, 3.63) is 54.1 Å². The van der Waals surface area contributed by atoms with Gasteiger partial charge in [-0.05, 0) is 44.2 Å². The van der Waals surface area contributed by atoms with Crippen molar-refractivity contribution in [2.45, 2.75) is 78.6 Å². The van der Waals surface area contributed by atoms with Crippen LogP contribution in [-0.2, 0) is 0 Å². The van der Waals surface area contributed by atoms with Crippen molar-refractivity contribution in [2.75, 3.05) is 13.6 Å². The van der Waals surface area contributed by atoms with Gasteiger partial charge in [0, 0.05) is 38.0 Å². The molecule has 1 radical (unpaired) electrons. The molecule has 5 heteroatoms. The Labute approximate surface area is 198 Å². The van der Waals surface area contributed by atoms with E-state index in [1.807, 2.05) is 0 Å². The number of allylic oxidation sites excluding steroid dienone is 4. The molecule has 1 fully saturated rings. The van der Waals surface area contributed by atoms with Gasteiger partial charge in [-0.15, -0.1) is 0 Å². The van der Waals surface area contributed by atoms with Crippen molar-refractivity contribution >= 4 is 0 Å². The van der Waals surface area contributed by atoms with Crippen molar-refractivity contribution in [3.8, 4) is 0 Å². The Hall–Kier alpha value is -1.40. The van der Waals surface area contributed by atoms with Crippen molar-refractivity contribution in [1.29, 1.82) is 0 Å². The molecule has 0 spiro atoms. The summed E-state index contributed by atoms with van der Waals surface area (Å²) < 4.78 is 0. The molecular weight excluding hydrogens is 394 g/mol. The first kappa shape index (κ1) is 26.8. The lowest BCUT2D eigenvalue weighted by molar-refractivity contribution is 0.312. The molecule has 6 N–H and O–H groups in total. The Balaban J connectivity index is 0.000000841. The highest BCUT2D eigenvalue weighted by molar-refractivity contribution is 5.38. The first-order valence-electron chi connectivity index (χ1n) is 12.8. The van der Waals surface area contributed by atoms with E-state index in [0.717, 1.165) is 37.1 Å². The highest BCUT2D eigenvalue weighted by atomic mass is 15.4. The lowest BCUT2D eigenvalue weighted by atomic mass is 9.84. The lowest BCUT2D eigenvalue weighted by Gasteiger charge is -2.35. The average molecular weight is 445 g/mol. The zero-order valence-electron chi connectivity index (χ0n) is 21.2. The molecule has 4 aliphatic rings. The van der Waals surface area contributed by atoms with Crippen LogP contribution in [-0.4, -0.2) is 31.8 Å². The van der Waals surface area contributed by atoms with Gasteiger partial charge in [-0.2, -0.15) is 0 Å². The van der Waals surface area contributed by atoms with Gasteiger partial charge >= 0.3 is 0 Å². The van der Waals surface area contributed by atoms with Gasteiger partial charge < -0.3 is 11.1 Å². The second-order valence-electron chi connectivity index (χ2n) is 9.38. The number of rotatable bonds is 6. The van der Waals surface area contributed by atoms with Crippen LogP contribution in [0.4, 0.5) is 0 Å². The number of hydrogen-bond acceptors (Lipinski definition) is 5. The van der Waals surface area contributed by atoms with Gasteiger partial charge in [0.1, 0.15) is 0 Å². The normalized spacial score (nSPS) is 34.9. The van der Waals surface area contributed by atoms with Crippen molar-refractivity contribution in [1.82, 2.24) is 21.5 Å². The Morgan fingerprint density at radius 3 is 2.41 bits per heavy atom. The van der Waals surface area contributed by atoms with Crippen molar-refractivity contribution in [3.63, 3.8) is 0 Å². The third-order valence-corrected chi connectivity index (χ3v) is 7.00. The van der Waals surface area contributed by atoms with Crippen LogP contribution < -0.4 is 27.2 Å². The zero-order chi connectivity index (χ0) is 23.5. The first-order valence-corrected chi connectivity index (χ1v) is 12.8. The monoisotopic (exact) mass is 444 g/mol. The summed E-state index contributed by atoms with van der Waals surface area (Å²) >= 11 is 0. The minimum absolute atomic E-state index is 0. The summed E-state index contributed by atoms with van der Waals surface area (Å²) in [5.74, 6) is 2.86. The molecule has 1 saturated carbocycles. The highest BCUT2D eigenvalue weighted by Crippen LogP contribution is 2.49. The van der Waals surface area contributed by atoms with Crippen LogP contribution in [0, 0.1) is 30.1 Å². The van der Waals surface area contributed by atoms with Crippen molar-refractivity contribution in [2.24, 2.45) is 29.4 Å². The molecule has 0 amide bonds. The smallest absolute Gasteiger partial charge is 0.0893 e. The van der Waals surface area contributed by atoms with E-state index in [2.05, 4.69) is 105 Å². The Morgan fingerprint density at radius 1 is 1.06 bits per heavy atom. The Bertz CT molecular complexity index is 671. The Kier molecular flexibility index (Phi) is 11.7. The number of hydrazine groups is 1. The minimum Gasteiger partial charge on any atom is -0.385 e. The van der Waals surface area contributed by atoms with Gasteiger partial charge in [0.15, 0.2) is 0 Å². The van der Waals surface area contributed by atoms with Crippen LogP contribution in [0.3, 0.4) is 0 Å². The number of nitrogens with two attached hydrogens (primary N) is 1. The predicted octanol–water partition coefficient (Wildman–Crippen LogP) is 4.44. The maximum Gasteiger partial charge on any atom is 0.0893 e. The van der Waals surface area contributed by atoms with E-state index in [1.165, 1.54) is 31.2 Å². The third-order valence-electron chi connectivity index (χ3n) is 7.00. The standard InChI is InChI=1S/C23H35N4.C3H8.CH5N.H2/c1-4-13-24-21-12-10-19(26-27-21)14-18-9-11-20-15(2)16(3)22(23(20)25-18)17-7-5-6-8-17;1-3-2;1-2;/h5-10,12,15-16,19-27H,4,11,13-14H2,1-3H3;3H2,1-2H3;2H2,1H3;1H/t15?,16-,19-,20?,21?,22?,23+;;;/m1.../s1. The van der Waals surface area contributed by atoms with Crippen LogP contribution in [0.2, 0.25) is 0 Å². The van der Waals surface area contributed by atoms with Crippen LogP contribution in [0.15, 0.2) is 47.7 Å². The third kappa shape index (κ3) is 6.80. The maximum absolute atomic E-state index is 4.50. The van der Waals surface area contributed by atoms with E-state index < -0.39 is 0 Å². The molecule has 0 aromatic heterocycles. The minimum atomic E-state index is 0. The van der Waals surface area contributed by atoms with E-state index in [0.29, 0.717) is 18.0 Å². The fraction of sp³-hybridized carbons (Fsp3) is 0.667. The van der Waals surface area contributed by atoms with Gasteiger partial charge in [0.05, 0.1) is 6.17 Å². The zero-order valence-corrected chi connectivity index (χ0v) is 21.2. The lowest BCUT2D eigenvalue weighted by Crippen LogP contribution is -2.55. The summed E-state index contributed by atoms with van der Waals surface area (Å²) in [6, 6.07) is 0.908. The van der Waals surface area contributed by atoms with Gasteiger partial charge in [-0.25, -0.2) is 10.9 Å². The highest BCUT2D eigenvalue weighted by Gasteiger charge is 2.48. The fourth-order valence-corrected chi connectivity index (χ4v) is 5.32. The van der Waals surface area contributed by atoms with E-state index in [9.17, 15) is 0 Å². The molecular formula is C27H50N5. The predicted molar refractivity (Wildman–Crippen MR) is 141 cm³/mol. The van der Waals surface area contributed by atoms with Crippen LogP contribution in [0.5, 0.6) is 0 Å². The second kappa shape index (κ2) is 14.0. The quantitative estimate of drug-likeness (QED) is 0.392. The van der Waals surface area contributed by atoms with E-state index in [1.54, 1.807) is 0 Å². The summed E-state index contributed by atoms with van der Waals surface area (Å²) in [5, 5.41) is 7.42. The van der Waals surface area contributed by atoms with Crippen LogP contribution in [0.25, 0.3) is 0 Å². The summed E-state index contributed by atoms with van der Waals surface area (Å²) in [4.78, 5) is 0. The SMILES string of the molecule is CCC.CCCNC1C=C[C@H](CC2=CCC3C(C)[C@@H](C)C(C4=CC=C[CH]4)[C@H]3N2)NN1.CN.[HH]. The van der Waals surface area contributed by atoms with Gasteiger partial charge in [0.25, 0.3) is 0 Å². The molecule has 0 aromatic rings. The van der Waals surface area contributed by atoms with Gasteiger partial charge in [-0.1, -0.05) is 83.1 Å². The molecule has 4 rings (SSSR count). The summed E-state index contributed by atoms with van der Waals surface area (Å²) in [5.41, 5.74) is 14.3. The number of fused-ring (bicyclic) bond motifs is 1. The summed E-state index contributed by atoms with van der Waals surface area (Å²) in [7, 11) is 1.50. The molecule has 7 atom stereocenters. The second-order valence-corrected chi connectivity index (χ2v) is 9.38. The van der Waals surface area contributed by atoms with Gasteiger partial charge in [-0.3, -0.25) is 5.32 Å². The van der Waals surface area contributed by atoms with E-state index >= 15 is 0 Å². The Morgan fingerprint density at radius 2 is 1.81 bits per heavy atom. The summed E-state index contributed by atoms with van der Waals surface area (Å²) in [6.45, 7) is 12.4. The van der Waals surface area contributed by atoms with Gasteiger partial charge in [0.2, 0.25) is 0 Å². The molecule has 2 heterocycles. The van der Waals surface area contributed by atoms with Crippen molar-refractivity contribution < 1.29 is 1.43 Å². The number of hydrogen-bond donors (Lipinski definition) is 5. The topological polar surface area (TPSA) is 74.1 Å². The van der Waals surface area contributed by atoms with Crippen LogP contribution in [0.1, 0.15) is 61.7 Å². The largest absolute Gasteiger partial charge is 0.385 e. The fourth-order valence-electron chi connectivity index (χ4n) is 5.32. The molecule has 5 nitrogen and oxygen atoms in total.